The number of nitrogens with one attached hydrogen (secondary N) is 1. The average Bonchev–Trinajstić information content (AvgIpc) is 2.79. The molecule has 0 heterocycles. The van der Waals surface area contributed by atoms with Crippen molar-refractivity contribution in [3.63, 3.8) is 0 Å². The van der Waals surface area contributed by atoms with Crippen molar-refractivity contribution >= 4 is 12.1 Å². The summed E-state index contributed by atoms with van der Waals surface area (Å²) in [5.41, 5.74) is 6.31. The van der Waals surface area contributed by atoms with Gasteiger partial charge >= 0.3 is 0 Å². The van der Waals surface area contributed by atoms with Crippen molar-refractivity contribution in [2.24, 2.45) is 4.99 Å². The van der Waals surface area contributed by atoms with Crippen LogP contribution in [0.25, 0.3) is 22.3 Å². The fraction of sp³-hybridized carbons (Fsp3) is 0. The summed E-state index contributed by atoms with van der Waals surface area (Å²) in [6.45, 7) is 0. The molecule has 0 bridgehead atoms. The monoisotopic (exact) mass is 360 g/mol. The molecule has 0 aliphatic carbocycles. The molecule has 0 atom stereocenters. The van der Waals surface area contributed by atoms with Gasteiger partial charge in [-0.05, 0) is 39.9 Å². The highest BCUT2D eigenvalue weighted by Crippen LogP contribution is 2.21. The van der Waals surface area contributed by atoms with Gasteiger partial charge in [0, 0.05) is 11.8 Å². The molecule has 1 N–H and O–H groups in total. The van der Waals surface area contributed by atoms with E-state index in [9.17, 15) is 0 Å². The molecule has 28 heavy (non-hydrogen) atoms. The normalized spacial score (nSPS) is 10.9. The van der Waals surface area contributed by atoms with Gasteiger partial charge in [-0.2, -0.15) is 0 Å². The summed E-state index contributed by atoms with van der Waals surface area (Å²) < 4.78 is 0. The third kappa shape index (κ3) is 4.13. The van der Waals surface area contributed by atoms with E-state index in [1.807, 2.05) is 66.7 Å². The second kappa shape index (κ2) is 8.28. The first-order valence-electron chi connectivity index (χ1n) is 9.23. The van der Waals surface area contributed by atoms with Gasteiger partial charge in [-0.15, -0.1) is 0 Å². The molecule has 0 aromatic heterocycles. The van der Waals surface area contributed by atoms with Crippen molar-refractivity contribution in [3.8, 4) is 22.3 Å². The molecule has 4 aromatic rings. The largest absolute Gasteiger partial charge is 0.282 e. The number of nitrogens with zero attached hydrogens (tertiary/aromatic N) is 1. The number of rotatable bonds is 4. The van der Waals surface area contributed by atoms with Crippen molar-refractivity contribution in [3.05, 3.63) is 120 Å². The number of amidine groups is 1. The van der Waals surface area contributed by atoms with E-state index in [1.165, 1.54) is 5.56 Å². The van der Waals surface area contributed by atoms with Gasteiger partial charge in [0.1, 0.15) is 0 Å². The number of benzene rings is 4. The Morgan fingerprint density at radius 3 is 1.75 bits per heavy atom. The van der Waals surface area contributed by atoms with Crippen LogP contribution in [0.2, 0.25) is 0 Å². The molecular weight excluding hydrogens is 340 g/mol. The predicted molar refractivity (Wildman–Crippen MR) is 118 cm³/mol. The van der Waals surface area contributed by atoms with Gasteiger partial charge in [0.05, 0.1) is 0 Å². The summed E-state index contributed by atoms with van der Waals surface area (Å²) in [5, 5.41) is 8.36. The molecule has 0 fully saturated rings. The Bertz CT molecular complexity index is 1110. The molecule has 2 nitrogen and oxygen atoms in total. The molecule has 0 aliphatic heterocycles. The van der Waals surface area contributed by atoms with Crippen LogP contribution < -0.4 is 0 Å². The Kier molecular flexibility index (Phi) is 5.21. The van der Waals surface area contributed by atoms with Gasteiger partial charge in [-0.3, -0.25) is 5.41 Å². The maximum Gasteiger partial charge on any atom is 0.151 e. The SMILES string of the molecule is N=C(N=Cc1cccc(-c2ccccc2)c1)c1cccc(-c2ccccc2)c1. The van der Waals surface area contributed by atoms with Crippen LogP contribution in [0.1, 0.15) is 11.1 Å². The number of hydrogen-bond donors (Lipinski definition) is 1. The third-order valence-corrected chi connectivity index (χ3v) is 4.58. The van der Waals surface area contributed by atoms with E-state index in [-0.39, 0.29) is 5.84 Å². The third-order valence-electron chi connectivity index (χ3n) is 4.58. The zero-order valence-corrected chi connectivity index (χ0v) is 15.4. The zero-order chi connectivity index (χ0) is 19.2. The van der Waals surface area contributed by atoms with Crippen molar-refractivity contribution < 1.29 is 0 Å². The Balaban J connectivity index is 1.55. The average molecular weight is 360 g/mol. The van der Waals surface area contributed by atoms with E-state index in [1.54, 1.807) is 6.21 Å². The highest BCUT2D eigenvalue weighted by Gasteiger charge is 2.03. The predicted octanol–water partition coefficient (Wildman–Crippen LogP) is 6.47. The molecule has 0 amide bonds. The van der Waals surface area contributed by atoms with Gasteiger partial charge in [0.15, 0.2) is 5.84 Å². The lowest BCUT2D eigenvalue weighted by Gasteiger charge is -2.05. The zero-order valence-electron chi connectivity index (χ0n) is 15.4. The van der Waals surface area contributed by atoms with Crippen molar-refractivity contribution in [2.45, 2.75) is 0 Å². The van der Waals surface area contributed by atoms with Crippen LogP contribution in [0.5, 0.6) is 0 Å². The van der Waals surface area contributed by atoms with Crippen LogP contribution in [0.15, 0.2) is 114 Å². The molecule has 0 spiro atoms. The van der Waals surface area contributed by atoms with Crippen LogP contribution in [-0.4, -0.2) is 12.1 Å². The van der Waals surface area contributed by atoms with Crippen molar-refractivity contribution in [1.29, 1.82) is 5.41 Å². The standard InChI is InChI=1S/C26H20N2/c27-26(25-16-8-15-24(18-25)22-12-5-2-6-13-22)28-19-20-9-7-14-23(17-20)21-10-3-1-4-11-21/h1-19,27H. The Morgan fingerprint density at radius 1 is 0.571 bits per heavy atom. The van der Waals surface area contributed by atoms with Gasteiger partial charge in [0.25, 0.3) is 0 Å². The topological polar surface area (TPSA) is 36.2 Å². The lowest BCUT2D eigenvalue weighted by molar-refractivity contribution is 1.42. The first kappa shape index (κ1) is 17.6. The minimum Gasteiger partial charge on any atom is -0.282 e. The van der Waals surface area contributed by atoms with Gasteiger partial charge in [-0.1, -0.05) is 97.1 Å². The quantitative estimate of drug-likeness (QED) is 0.320. The lowest BCUT2D eigenvalue weighted by Crippen LogP contribution is -1.96. The van der Waals surface area contributed by atoms with Crippen LogP contribution in [-0.2, 0) is 0 Å². The summed E-state index contributed by atoms with van der Waals surface area (Å²) in [6.07, 6.45) is 1.75. The molecule has 0 radical (unpaired) electrons. The molecule has 4 rings (SSSR count). The summed E-state index contributed by atoms with van der Waals surface area (Å²) in [7, 11) is 0. The second-order valence-electron chi connectivity index (χ2n) is 6.55. The van der Waals surface area contributed by atoms with E-state index in [0.29, 0.717) is 0 Å². The highest BCUT2D eigenvalue weighted by molar-refractivity contribution is 6.04. The van der Waals surface area contributed by atoms with Gasteiger partial charge in [-0.25, -0.2) is 4.99 Å². The molecule has 2 heteroatoms. The Morgan fingerprint density at radius 2 is 1.11 bits per heavy atom. The van der Waals surface area contributed by atoms with E-state index in [4.69, 9.17) is 5.41 Å². The van der Waals surface area contributed by atoms with Crippen LogP contribution in [0.3, 0.4) is 0 Å². The Hall–Kier alpha value is -3.78. The minimum absolute atomic E-state index is 0.253. The van der Waals surface area contributed by atoms with Crippen LogP contribution in [0, 0.1) is 5.41 Å². The van der Waals surface area contributed by atoms with E-state index in [0.717, 1.165) is 27.8 Å². The summed E-state index contributed by atoms with van der Waals surface area (Å²) in [6, 6.07) is 36.6. The maximum atomic E-state index is 8.36. The summed E-state index contributed by atoms with van der Waals surface area (Å²) in [5.74, 6) is 0.253. The first-order chi connectivity index (χ1) is 13.8. The maximum absolute atomic E-state index is 8.36. The van der Waals surface area contributed by atoms with Crippen LogP contribution >= 0.6 is 0 Å². The molecule has 0 aliphatic rings. The Labute approximate surface area is 165 Å². The first-order valence-corrected chi connectivity index (χ1v) is 9.23. The molecule has 0 saturated carbocycles. The lowest BCUT2D eigenvalue weighted by atomic mass is 10.0. The second-order valence-corrected chi connectivity index (χ2v) is 6.55. The molecular formula is C26H20N2. The van der Waals surface area contributed by atoms with E-state index < -0.39 is 0 Å². The van der Waals surface area contributed by atoms with Gasteiger partial charge < -0.3 is 0 Å². The summed E-state index contributed by atoms with van der Waals surface area (Å²) in [4.78, 5) is 4.39. The molecule has 4 aromatic carbocycles. The highest BCUT2D eigenvalue weighted by atomic mass is 14.8. The number of aliphatic imine (C=N–C) groups is 1. The van der Waals surface area contributed by atoms with E-state index in [2.05, 4.69) is 47.5 Å². The number of hydrogen-bond acceptors (Lipinski definition) is 1. The van der Waals surface area contributed by atoms with Crippen molar-refractivity contribution in [2.75, 3.05) is 0 Å². The smallest absolute Gasteiger partial charge is 0.151 e. The molecule has 134 valence electrons. The molecule has 0 unspecified atom stereocenters. The fourth-order valence-corrected chi connectivity index (χ4v) is 3.12. The van der Waals surface area contributed by atoms with E-state index >= 15 is 0 Å². The fourth-order valence-electron chi connectivity index (χ4n) is 3.12. The van der Waals surface area contributed by atoms with Crippen LogP contribution in [0.4, 0.5) is 0 Å². The van der Waals surface area contributed by atoms with Crippen molar-refractivity contribution in [1.82, 2.24) is 0 Å². The summed E-state index contributed by atoms with van der Waals surface area (Å²) >= 11 is 0. The van der Waals surface area contributed by atoms with Gasteiger partial charge in [0.2, 0.25) is 0 Å². The molecule has 0 saturated heterocycles. The minimum atomic E-state index is 0.253.